The lowest BCUT2D eigenvalue weighted by molar-refractivity contribution is 0.316. The van der Waals surface area contributed by atoms with Gasteiger partial charge in [0.1, 0.15) is 0 Å². The van der Waals surface area contributed by atoms with Crippen LogP contribution in [0.3, 0.4) is 0 Å². The van der Waals surface area contributed by atoms with Crippen molar-refractivity contribution in [1.82, 2.24) is 4.98 Å². The van der Waals surface area contributed by atoms with Crippen molar-refractivity contribution in [3.05, 3.63) is 18.3 Å². The molecule has 100 valence electrons. The zero-order valence-corrected chi connectivity index (χ0v) is 11.1. The highest BCUT2D eigenvalue weighted by molar-refractivity contribution is 5.50. The number of nitrogens with two attached hydrogens (primary N) is 1. The molecule has 2 rings (SSSR count). The topological polar surface area (TPSA) is 60.2 Å². The number of aromatic nitrogens is 1. The number of pyridine rings is 1. The molecule has 4 nitrogen and oxygen atoms in total. The van der Waals surface area contributed by atoms with Gasteiger partial charge in [-0.15, -0.1) is 0 Å². The van der Waals surface area contributed by atoms with Gasteiger partial charge in [-0.1, -0.05) is 19.8 Å². The first-order valence-electron chi connectivity index (χ1n) is 6.91. The lowest BCUT2D eigenvalue weighted by atomic mass is 9.91. The van der Waals surface area contributed by atoms with E-state index in [-0.39, 0.29) is 6.04 Å². The average molecular weight is 249 g/mol. The Morgan fingerprint density at radius 2 is 2.28 bits per heavy atom. The van der Waals surface area contributed by atoms with Crippen LogP contribution in [0.25, 0.3) is 0 Å². The third-order valence-electron chi connectivity index (χ3n) is 3.37. The molecule has 1 fully saturated rings. The van der Waals surface area contributed by atoms with E-state index >= 15 is 0 Å². The van der Waals surface area contributed by atoms with Crippen molar-refractivity contribution in [3.63, 3.8) is 0 Å². The van der Waals surface area contributed by atoms with Gasteiger partial charge in [-0.25, -0.2) is 4.98 Å². The maximum absolute atomic E-state index is 6.15. The number of hydrogen-bond acceptors (Lipinski definition) is 4. The Bertz CT molecular complexity index is 370. The molecule has 4 heteroatoms. The Balaban J connectivity index is 2.03. The number of nitrogens with one attached hydrogen (secondary N) is 1. The van der Waals surface area contributed by atoms with Gasteiger partial charge in [0.25, 0.3) is 0 Å². The van der Waals surface area contributed by atoms with Gasteiger partial charge >= 0.3 is 0 Å². The molecule has 0 radical (unpaired) electrons. The van der Waals surface area contributed by atoms with Gasteiger partial charge in [0.2, 0.25) is 0 Å². The monoisotopic (exact) mass is 249 g/mol. The molecule has 2 atom stereocenters. The van der Waals surface area contributed by atoms with Crippen molar-refractivity contribution in [3.8, 4) is 5.75 Å². The second-order valence-electron chi connectivity index (χ2n) is 4.90. The van der Waals surface area contributed by atoms with E-state index in [9.17, 15) is 0 Å². The number of anilines is 1. The van der Waals surface area contributed by atoms with Gasteiger partial charge in [-0.2, -0.15) is 0 Å². The van der Waals surface area contributed by atoms with E-state index < -0.39 is 0 Å². The molecule has 0 bridgehead atoms. The number of ether oxygens (including phenoxy) is 1. The summed E-state index contributed by atoms with van der Waals surface area (Å²) in [5.41, 5.74) is 6.15. The smallest absolute Gasteiger partial charge is 0.169 e. The fourth-order valence-electron chi connectivity index (χ4n) is 2.34. The van der Waals surface area contributed by atoms with E-state index in [4.69, 9.17) is 10.5 Å². The molecule has 1 aliphatic rings. The number of rotatable bonds is 5. The van der Waals surface area contributed by atoms with E-state index in [0.717, 1.165) is 37.4 Å². The molecule has 3 N–H and O–H groups in total. The van der Waals surface area contributed by atoms with Gasteiger partial charge in [-0.05, 0) is 31.4 Å². The maximum atomic E-state index is 6.15. The Kier molecular flexibility index (Phi) is 4.81. The summed E-state index contributed by atoms with van der Waals surface area (Å²) in [6.45, 7) is 2.82. The van der Waals surface area contributed by atoms with Crippen molar-refractivity contribution >= 4 is 5.82 Å². The number of hydrogen-bond donors (Lipinski definition) is 2. The second kappa shape index (κ2) is 6.59. The summed E-state index contributed by atoms with van der Waals surface area (Å²) in [5.74, 6) is 1.66. The Hall–Kier alpha value is -1.29. The quantitative estimate of drug-likeness (QED) is 0.842. The van der Waals surface area contributed by atoms with E-state index in [2.05, 4.69) is 17.2 Å². The Morgan fingerprint density at radius 1 is 1.44 bits per heavy atom. The van der Waals surface area contributed by atoms with Crippen LogP contribution in [0.2, 0.25) is 0 Å². The third-order valence-corrected chi connectivity index (χ3v) is 3.37. The Labute approximate surface area is 109 Å². The summed E-state index contributed by atoms with van der Waals surface area (Å²) in [6, 6.07) is 4.40. The van der Waals surface area contributed by atoms with E-state index in [1.165, 1.54) is 12.8 Å². The first-order valence-corrected chi connectivity index (χ1v) is 6.91. The van der Waals surface area contributed by atoms with Crippen molar-refractivity contribution < 1.29 is 4.74 Å². The van der Waals surface area contributed by atoms with Gasteiger partial charge < -0.3 is 15.8 Å². The van der Waals surface area contributed by atoms with E-state index in [1.807, 2.05) is 12.1 Å². The Morgan fingerprint density at radius 3 is 3.06 bits per heavy atom. The van der Waals surface area contributed by atoms with Crippen LogP contribution in [-0.2, 0) is 0 Å². The lowest BCUT2D eigenvalue weighted by Crippen LogP contribution is -2.42. The average Bonchev–Trinajstić information content (AvgIpc) is 2.40. The predicted molar refractivity (Wildman–Crippen MR) is 73.9 cm³/mol. The highest BCUT2D eigenvalue weighted by atomic mass is 16.5. The first kappa shape index (κ1) is 13.1. The lowest BCUT2D eigenvalue weighted by Gasteiger charge is -2.30. The highest BCUT2D eigenvalue weighted by Crippen LogP contribution is 2.26. The standard InChI is InChI=1S/C14H23N3O/c1-2-10-18-13-8-5-9-16-14(13)17-12-7-4-3-6-11(12)15/h5,8-9,11-12H,2-4,6-7,10,15H2,1H3,(H,16,17)/t11-,12-/m1/s1. The molecule has 1 aliphatic carbocycles. The molecule has 0 aliphatic heterocycles. The molecular weight excluding hydrogens is 226 g/mol. The molecule has 0 spiro atoms. The van der Waals surface area contributed by atoms with Crippen LogP contribution in [0.1, 0.15) is 39.0 Å². The minimum absolute atomic E-state index is 0.222. The van der Waals surface area contributed by atoms with Crippen LogP contribution in [0.4, 0.5) is 5.82 Å². The van der Waals surface area contributed by atoms with E-state index in [0.29, 0.717) is 6.04 Å². The molecule has 1 heterocycles. The second-order valence-corrected chi connectivity index (χ2v) is 4.90. The summed E-state index contributed by atoms with van der Waals surface area (Å²) < 4.78 is 5.70. The van der Waals surface area contributed by atoms with Gasteiger partial charge in [0.15, 0.2) is 11.6 Å². The zero-order valence-electron chi connectivity index (χ0n) is 11.1. The maximum Gasteiger partial charge on any atom is 0.169 e. The largest absolute Gasteiger partial charge is 0.490 e. The molecule has 1 aromatic rings. The van der Waals surface area contributed by atoms with Crippen molar-refractivity contribution in [2.45, 2.75) is 51.1 Å². The fraction of sp³-hybridized carbons (Fsp3) is 0.643. The molecule has 0 saturated heterocycles. The summed E-state index contributed by atoms with van der Waals surface area (Å²) in [7, 11) is 0. The SMILES string of the molecule is CCCOc1cccnc1N[C@@H]1CCCC[C@H]1N. The van der Waals surface area contributed by atoms with Crippen LogP contribution in [0.15, 0.2) is 18.3 Å². The van der Waals surface area contributed by atoms with Gasteiger partial charge in [0, 0.05) is 18.3 Å². The van der Waals surface area contributed by atoms with Gasteiger partial charge in [-0.3, -0.25) is 0 Å². The van der Waals surface area contributed by atoms with Crippen molar-refractivity contribution in [2.24, 2.45) is 5.73 Å². The van der Waals surface area contributed by atoms with Crippen LogP contribution in [0, 0.1) is 0 Å². The molecule has 18 heavy (non-hydrogen) atoms. The molecule has 1 aromatic heterocycles. The van der Waals surface area contributed by atoms with Crippen molar-refractivity contribution in [1.29, 1.82) is 0 Å². The summed E-state index contributed by atoms with van der Waals surface area (Å²) in [5, 5.41) is 3.45. The minimum Gasteiger partial charge on any atom is -0.490 e. The van der Waals surface area contributed by atoms with Crippen LogP contribution < -0.4 is 15.8 Å². The number of nitrogens with zero attached hydrogens (tertiary/aromatic N) is 1. The zero-order chi connectivity index (χ0) is 12.8. The normalized spacial score (nSPS) is 23.7. The van der Waals surface area contributed by atoms with E-state index in [1.54, 1.807) is 6.20 Å². The molecule has 1 saturated carbocycles. The fourth-order valence-corrected chi connectivity index (χ4v) is 2.34. The summed E-state index contributed by atoms with van der Waals surface area (Å²) in [4.78, 5) is 4.37. The van der Waals surface area contributed by atoms with Crippen molar-refractivity contribution in [2.75, 3.05) is 11.9 Å². The van der Waals surface area contributed by atoms with Gasteiger partial charge in [0.05, 0.1) is 6.61 Å². The van der Waals surface area contributed by atoms with Crippen LogP contribution in [0.5, 0.6) is 5.75 Å². The third kappa shape index (κ3) is 3.35. The molecule has 0 unspecified atom stereocenters. The summed E-state index contributed by atoms with van der Waals surface area (Å²) in [6.07, 6.45) is 7.47. The molecule has 0 amide bonds. The summed E-state index contributed by atoms with van der Waals surface area (Å²) >= 11 is 0. The predicted octanol–water partition coefficient (Wildman–Crippen LogP) is 2.55. The highest BCUT2D eigenvalue weighted by Gasteiger charge is 2.22. The molecule has 0 aromatic carbocycles. The van der Waals surface area contributed by atoms with Crippen LogP contribution in [-0.4, -0.2) is 23.7 Å². The van der Waals surface area contributed by atoms with Crippen LogP contribution >= 0.6 is 0 Å². The minimum atomic E-state index is 0.222. The first-order chi connectivity index (χ1) is 8.81. The molecular formula is C14H23N3O.